The van der Waals surface area contributed by atoms with Crippen LogP contribution in [0.15, 0.2) is 54.9 Å². The average molecular weight is 341 g/mol. The Hall–Kier alpha value is -2.43. The molecule has 0 fully saturated rings. The van der Waals surface area contributed by atoms with Gasteiger partial charge in [-0.1, -0.05) is 35.9 Å². The number of pyridine rings is 1. The second-order valence-electron chi connectivity index (χ2n) is 5.53. The van der Waals surface area contributed by atoms with Crippen molar-refractivity contribution in [1.29, 1.82) is 0 Å². The van der Waals surface area contributed by atoms with Crippen molar-refractivity contribution in [3.8, 4) is 0 Å². The maximum Gasteiger partial charge on any atom is 0.228 e. The molecule has 0 saturated carbocycles. The van der Waals surface area contributed by atoms with E-state index in [2.05, 4.69) is 10.3 Å². The highest BCUT2D eigenvalue weighted by Crippen LogP contribution is 2.24. The van der Waals surface area contributed by atoms with Gasteiger partial charge >= 0.3 is 0 Å². The lowest BCUT2D eigenvalue weighted by Crippen LogP contribution is -2.14. The lowest BCUT2D eigenvalue weighted by atomic mass is 10.1. The molecule has 1 amide bonds. The molecule has 0 atom stereocenters. The number of hydrogen-bond acceptors (Lipinski definition) is 3. The number of carbonyl (C=O) groups is 1. The predicted molar refractivity (Wildman–Crippen MR) is 96.2 cm³/mol. The molecular formula is C19H17ClN2O2. The van der Waals surface area contributed by atoms with Gasteiger partial charge in [0.2, 0.25) is 5.91 Å². The summed E-state index contributed by atoms with van der Waals surface area (Å²) in [5, 5.41) is 5.47. The van der Waals surface area contributed by atoms with Gasteiger partial charge in [-0.3, -0.25) is 9.78 Å². The van der Waals surface area contributed by atoms with Crippen LogP contribution >= 0.6 is 11.6 Å². The number of aromatic nitrogens is 1. The van der Waals surface area contributed by atoms with Gasteiger partial charge in [0.05, 0.1) is 24.9 Å². The molecule has 0 unspecified atom stereocenters. The molecule has 0 aliphatic heterocycles. The van der Waals surface area contributed by atoms with E-state index in [9.17, 15) is 4.79 Å². The predicted octanol–water partition coefficient (Wildman–Crippen LogP) is 4.22. The Bertz CT molecular complexity index is 880. The second-order valence-corrected chi connectivity index (χ2v) is 5.97. The van der Waals surface area contributed by atoms with Gasteiger partial charge < -0.3 is 10.1 Å². The molecule has 4 nitrogen and oxygen atoms in total. The Morgan fingerprint density at radius 1 is 1.17 bits per heavy atom. The van der Waals surface area contributed by atoms with Gasteiger partial charge in [0.25, 0.3) is 0 Å². The number of carbonyl (C=O) groups excluding carboxylic acids is 1. The molecule has 0 spiro atoms. The summed E-state index contributed by atoms with van der Waals surface area (Å²) in [4.78, 5) is 16.5. The Balaban J connectivity index is 1.83. The number of ether oxygens (including phenoxy) is 1. The SMILES string of the molecule is COCc1ccc2cncc(NC(=O)Cc3cccc(Cl)c3)c2c1. The summed E-state index contributed by atoms with van der Waals surface area (Å²) in [6.45, 7) is 0.522. The lowest BCUT2D eigenvalue weighted by Gasteiger charge is -2.10. The third-order valence-corrected chi connectivity index (χ3v) is 3.90. The quantitative estimate of drug-likeness (QED) is 0.756. The van der Waals surface area contributed by atoms with Crippen molar-refractivity contribution < 1.29 is 9.53 Å². The first-order chi connectivity index (χ1) is 11.7. The van der Waals surface area contributed by atoms with Gasteiger partial charge in [-0.15, -0.1) is 0 Å². The van der Waals surface area contributed by atoms with Crippen LogP contribution in [0.1, 0.15) is 11.1 Å². The Morgan fingerprint density at radius 3 is 2.83 bits per heavy atom. The van der Waals surface area contributed by atoms with Crippen molar-refractivity contribution in [2.24, 2.45) is 0 Å². The number of benzene rings is 2. The molecule has 0 aliphatic rings. The Kier molecular flexibility index (Phi) is 5.08. The van der Waals surface area contributed by atoms with Crippen LogP contribution in [0, 0.1) is 0 Å². The number of rotatable bonds is 5. The molecule has 1 aromatic heterocycles. The van der Waals surface area contributed by atoms with Crippen molar-refractivity contribution in [1.82, 2.24) is 4.98 Å². The topological polar surface area (TPSA) is 51.2 Å². The number of amides is 1. The fourth-order valence-electron chi connectivity index (χ4n) is 2.59. The minimum atomic E-state index is -0.108. The van der Waals surface area contributed by atoms with Gasteiger partial charge in [0.1, 0.15) is 0 Å². The lowest BCUT2D eigenvalue weighted by molar-refractivity contribution is -0.115. The molecule has 1 N–H and O–H groups in total. The number of halogens is 1. The molecule has 0 saturated heterocycles. The summed E-state index contributed by atoms with van der Waals surface area (Å²) in [5.74, 6) is -0.108. The number of nitrogens with zero attached hydrogens (tertiary/aromatic N) is 1. The fourth-order valence-corrected chi connectivity index (χ4v) is 2.81. The highest BCUT2D eigenvalue weighted by Gasteiger charge is 2.08. The van der Waals surface area contributed by atoms with Crippen LogP contribution < -0.4 is 5.32 Å². The van der Waals surface area contributed by atoms with Crippen LogP contribution in [0.2, 0.25) is 5.02 Å². The van der Waals surface area contributed by atoms with Crippen LogP contribution in [-0.2, 0) is 22.6 Å². The molecule has 122 valence electrons. The highest BCUT2D eigenvalue weighted by molar-refractivity contribution is 6.30. The highest BCUT2D eigenvalue weighted by atomic mass is 35.5. The van der Waals surface area contributed by atoms with Crippen LogP contribution in [-0.4, -0.2) is 18.0 Å². The monoisotopic (exact) mass is 340 g/mol. The maximum atomic E-state index is 12.3. The second kappa shape index (κ2) is 7.43. The molecule has 5 heteroatoms. The van der Waals surface area contributed by atoms with Crippen molar-refractivity contribution in [2.45, 2.75) is 13.0 Å². The largest absolute Gasteiger partial charge is 0.380 e. The summed E-state index contributed by atoms with van der Waals surface area (Å²) >= 11 is 5.96. The van der Waals surface area contributed by atoms with E-state index in [4.69, 9.17) is 16.3 Å². The van der Waals surface area contributed by atoms with Crippen LogP contribution in [0.5, 0.6) is 0 Å². The van der Waals surface area contributed by atoms with E-state index in [0.717, 1.165) is 21.9 Å². The number of anilines is 1. The van der Waals surface area contributed by atoms with E-state index >= 15 is 0 Å². The van der Waals surface area contributed by atoms with Crippen LogP contribution in [0.3, 0.4) is 0 Å². The summed E-state index contributed by atoms with van der Waals surface area (Å²) < 4.78 is 5.17. The third kappa shape index (κ3) is 3.91. The van der Waals surface area contributed by atoms with E-state index < -0.39 is 0 Å². The molecule has 0 bridgehead atoms. The molecule has 3 aromatic rings. The fraction of sp³-hybridized carbons (Fsp3) is 0.158. The van der Waals surface area contributed by atoms with E-state index in [-0.39, 0.29) is 12.3 Å². The minimum absolute atomic E-state index is 0.108. The zero-order chi connectivity index (χ0) is 16.9. The molecule has 24 heavy (non-hydrogen) atoms. The van der Waals surface area contributed by atoms with Gasteiger partial charge in [-0.25, -0.2) is 0 Å². The molecule has 3 rings (SSSR count). The van der Waals surface area contributed by atoms with E-state index in [1.165, 1.54) is 0 Å². The standard InChI is InChI=1S/C19H17ClN2O2/c1-24-12-14-5-6-15-10-21-11-18(17(15)8-14)22-19(23)9-13-3-2-4-16(20)7-13/h2-8,10-11H,9,12H2,1H3,(H,22,23). The van der Waals surface area contributed by atoms with Crippen molar-refractivity contribution in [3.05, 3.63) is 71.0 Å². The number of fused-ring (bicyclic) bond motifs is 1. The third-order valence-electron chi connectivity index (χ3n) is 3.66. The molecular weight excluding hydrogens is 324 g/mol. The summed E-state index contributed by atoms with van der Waals surface area (Å²) in [5.41, 5.74) is 2.60. The zero-order valence-corrected chi connectivity index (χ0v) is 14.0. The Labute approximate surface area is 145 Å². The smallest absolute Gasteiger partial charge is 0.228 e. The van der Waals surface area contributed by atoms with Gasteiger partial charge in [0.15, 0.2) is 0 Å². The first-order valence-electron chi connectivity index (χ1n) is 7.55. The number of hydrogen-bond donors (Lipinski definition) is 1. The molecule has 0 aliphatic carbocycles. The van der Waals surface area contributed by atoms with Gasteiger partial charge in [-0.2, -0.15) is 0 Å². The number of nitrogens with one attached hydrogen (secondary N) is 1. The minimum Gasteiger partial charge on any atom is -0.380 e. The average Bonchev–Trinajstić information content (AvgIpc) is 2.55. The summed E-state index contributed by atoms with van der Waals surface area (Å²) in [6.07, 6.45) is 3.70. The molecule has 1 heterocycles. The van der Waals surface area contributed by atoms with Crippen molar-refractivity contribution >= 4 is 34.0 Å². The van der Waals surface area contributed by atoms with Gasteiger partial charge in [-0.05, 0) is 29.3 Å². The normalized spacial score (nSPS) is 10.8. The Morgan fingerprint density at radius 2 is 2.04 bits per heavy atom. The van der Waals surface area contributed by atoms with Crippen molar-refractivity contribution in [3.63, 3.8) is 0 Å². The van der Waals surface area contributed by atoms with E-state index in [1.54, 1.807) is 31.6 Å². The van der Waals surface area contributed by atoms with Crippen molar-refractivity contribution in [2.75, 3.05) is 12.4 Å². The molecule has 0 radical (unpaired) electrons. The first kappa shape index (κ1) is 16.4. The van der Waals surface area contributed by atoms with Crippen LogP contribution in [0.25, 0.3) is 10.8 Å². The maximum absolute atomic E-state index is 12.3. The summed E-state index contributed by atoms with van der Waals surface area (Å²) in [7, 11) is 1.66. The van der Waals surface area contributed by atoms with E-state index in [1.807, 2.05) is 30.3 Å². The van der Waals surface area contributed by atoms with Gasteiger partial charge in [0, 0.05) is 29.1 Å². The zero-order valence-electron chi connectivity index (χ0n) is 13.3. The number of methoxy groups -OCH3 is 1. The van der Waals surface area contributed by atoms with E-state index in [0.29, 0.717) is 17.3 Å². The molecule has 2 aromatic carbocycles. The summed E-state index contributed by atoms with van der Waals surface area (Å²) in [6, 6.07) is 13.3. The van der Waals surface area contributed by atoms with Crippen LogP contribution in [0.4, 0.5) is 5.69 Å². The first-order valence-corrected chi connectivity index (χ1v) is 7.93.